The van der Waals surface area contributed by atoms with Gasteiger partial charge in [-0.25, -0.2) is 4.79 Å². The van der Waals surface area contributed by atoms with Gasteiger partial charge in [-0.2, -0.15) is 0 Å². The average Bonchev–Trinajstić information content (AvgIpc) is 2.56. The Morgan fingerprint density at radius 3 is 2.74 bits per heavy atom. The molecular formula is C16H21BrN2O4. The Bertz CT molecular complexity index is 606. The Labute approximate surface area is 144 Å². The van der Waals surface area contributed by atoms with Crippen LogP contribution in [0.4, 0.5) is 10.5 Å². The summed E-state index contributed by atoms with van der Waals surface area (Å²) in [6, 6.07) is 3.73. The van der Waals surface area contributed by atoms with E-state index in [1.807, 2.05) is 19.1 Å². The first-order chi connectivity index (χ1) is 11.0. The van der Waals surface area contributed by atoms with Gasteiger partial charge in [0.2, 0.25) is 5.91 Å². The number of aryl methyl sites for hydroxylation is 1. The Morgan fingerprint density at radius 2 is 2.09 bits per heavy atom. The molecule has 0 spiro atoms. The third-order valence-corrected chi connectivity index (χ3v) is 4.42. The number of carbonyl (C=O) groups excluding carboxylic acids is 2. The minimum Gasteiger partial charge on any atom is -0.495 e. The molecule has 23 heavy (non-hydrogen) atoms. The smallest absolute Gasteiger partial charge is 0.409 e. The van der Waals surface area contributed by atoms with Crippen molar-refractivity contribution in [3.05, 3.63) is 22.2 Å². The number of anilines is 1. The zero-order chi connectivity index (χ0) is 17.0. The van der Waals surface area contributed by atoms with Crippen molar-refractivity contribution in [2.45, 2.75) is 19.8 Å². The predicted molar refractivity (Wildman–Crippen MR) is 90.8 cm³/mol. The number of rotatable bonds is 3. The van der Waals surface area contributed by atoms with E-state index in [9.17, 15) is 9.59 Å². The molecule has 7 heteroatoms. The van der Waals surface area contributed by atoms with Crippen molar-refractivity contribution < 1.29 is 19.1 Å². The summed E-state index contributed by atoms with van der Waals surface area (Å²) in [7, 11) is 2.92. The van der Waals surface area contributed by atoms with Crippen molar-refractivity contribution >= 4 is 33.6 Å². The highest BCUT2D eigenvalue weighted by molar-refractivity contribution is 9.10. The number of benzene rings is 1. The number of carbonyl (C=O) groups is 2. The fourth-order valence-electron chi connectivity index (χ4n) is 2.74. The topological polar surface area (TPSA) is 67.9 Å². The van der Waals surface area contributed by atoms with Crippen LogP contribution in [0.1, 0.15) is 18.4 Å². The molecule has 1 N–H and O–H groups in total. The largest absolute Gasteiger partial charge is 0.495 e. The Kier molecular flexibility index (Phi) is 5.87. The second-order valence-corrected chi connectivity index (χ2v) is 6.46. The van der Waals surface area contributed by atoms with Gasteiger partial charge in [0.05, 0.1) is 25.8 Å². The van der Waals surface area contributed by atoms with E-state index in [0.717, 1.165) is 22.9 Å². The highest BCUT2D eigenvalue weighted by Crippen LogP contribution is 2.33. The summed E-state index contributed by atoms with van der Waals surface area (Å²) >= 11 is 3.41. The molecule has 1 fully saturated rings. The first-order valence-electron chi connectivity index (χ1n) is 7.44. The Balaban J connectivity index is 2.11. The van der Waals surface area contributed by atoms with Gasteiger partial charge in [-0.1, -0.05) is 15.9 Å². The number of nitrogens with zero attached hydrogens (tertiary/aromatic N) is 1. The van der Waals surface area contributed by atoms with Crippen molar-refractivity contribution in [1.82, 2.24) is 4.90 Å². The van der Waals surface area contributed by atoms with Gasteiger partial charge in [0, 0.05) is 17.6 Å². The summed E-state index contributed by atoms with van der Waals surface area (Å²) in [5.74, 6) is 0.240. The van der Waals surface area contributed by atoms with Crippen LogP contribution in [-0.2, 0) is 9.53 Å². The molecule has 0 saturated carbocycles. The molecule has 126 valence electrons. The second-order valence-electron chi connectivity index (χ2n) is 5.54. The van der Waals surface area contributed by atoms with Crippen LogP contribution in [0.5, 0.6) is 5.75 Å². The maximum atomic E-state index is 12.6. The predicted octanol–water partition coefficient (Wildman–Crippen LogP) is 3.18. The van der Waals surface area contributed by atoms with Crippen molar-refractivity contribution in [2.24, 2.45) is 5.92 Å². The van der Waals surface area contributed by atoms with E-state index in [0.29, 0.717) is 24.5 Å². The number of hydrogen-bond acceptors (Lipinski definition) is 4. The minimum atomic E-state index is -0.389. The number of nitrogens with one attached hydrogen (secondary N) is 1. The molecule has 6 nitrogen and oxygen atoms in total. The molecule has 1 aliphatic heterocycles. The van der Waals surface area contributed by atoms with Crippen LogP contribution in [0.2, 0.25) is 0 Å². The zero-order valence-corrected chi connectivity index (χ0v) is 15.1. The number of piperidine rings is 1. The molecule has 0 bridgehead atoms. The lowest BCUT2D eigenvalue weighted by Gasteiger charge is -2.31. The van der Waals surface area contributed by atoms with Crippen LogP contribution in [0.15, 0.2) is 16.6 Å². The highest BCUT2D eigenvalue weighted by Gasteiger charge is 2.29. The number of methoxy groups -OCH3 is 2. The maximum absolute atomic E-state index is 12.6. The lowest BCUT2D eigenvalue weighted by atomic mass is 9.97. The first-order valence-corrected chi connectivity index (χ1v) is 8.23. The van der Waals surface area contributed by atoms with Gasteiger partial charge in [0.25, 0.3) is 0 Å². The number of amides is 2. The summed E-state index contributed by atoms with van der Waals surface area (Å²) in [4.78, 5) is 25.8. The van der Waals surface area contributed by atoms with Gasteiger partial charge in [-0.05, 0) is 37.5 Å². The van der Waals surface area contributed by atoms with E-state index in [2.05, 4.69) is 21.2 Å². The van der Waals surface area contributed by atoms with Crippen LogP contribution in [0.3, 0.4) is 0 Å². The monoisotopic (exact) mass is 384 g/mol. The summed E-state index contributed by atoms with van der Waals surface area (Å²) in [5, 5.41) is 2.94. The quantitative estimate of drug-likeness (QED) is 0.868. The second kappa shape index (κ2) is 7.68. The number of halogens is 1. The average molecular weight is 385 g/mol. The third kappa shape index (κ3) is 4.16. The molecule has 2 rings (SSSR count). The SMILES string of the molecule is COC(=O)N1CCCC(C(=O)Nc2c(C)cc(Br)cc2OC)C1. The van der Waals surface area contributed by atoms with E-state index in [1.54, 1.807) is 12.0 Å². The van der Waals surface area contributed by atoms with Gasteiger partial charge in [-0.3, -0.25) is 4.79 Å². The molecule has 0 radical (unpaired) electrons. The summed E-state index contributed by atoms with van der Waals surface area (Å²) < 4.78 is 11.0. The molecule has 1 saturated heterocycles. The molecule has 1 aliphatic rings. The zero-order valence-electron chi connectivity index (χ0n) is 13.5. The number of hydrogen-bond donors (Lipinski definition) is 1. The van der Waals surface area contributed by atoms with Crippen molar-refractivity contribution in [2.75, 3.05) is 32.6 Å². The lowest BCUT2D eigenvalue weighted by Crippen LogP contribution is -2.43. The molecule has 1 heterocycles. The summed E-state index contributed by atoms with van der Waals surface area (Å²) in [6.45, 7) is 2.90. The van der Waals surface area contributed by atoms with Gasteiger partial charge >= 0.3 is 6.09 Å². The van der Waals surface area contributed by atoms with Crippen molar-refractivity contribution in [1.29, 1.82) is 0 Å². The van der Waals surface area contributed by atoms with Crippen molar-refractivity contribution in [3.8, 4) is 5.75 Å². The number of likely N-dealkylation sites (tertiary alicyclic amines) is 1. The van der Waals surface area contributed by atoms with E-state index in [4.69, 9.17) is 9.47 Å². The fraction of sp³-hybridized carbons (Fsp3) is 0.500. The van der Waals surface area contributed by atoms with E-state index in [-0.39, 0.29) is 17.9 Å². The molecule has 2 amide bonds. The van der Waals surface area contributed by atoms with Crippen LogP contribution >= 0.6 is 15.9 Å². The summed E-state index contributed by atoms with van der Waals surface area (Å²) in [5.41, 5.74) is 1.57. The minimum absolute atomic E-state index is 0.109. The van der Waals surface area contributed by atoms with E-state index >= 15 is 0 Å². The van der Waals surface area contributed by atoms with E-state index in [1.165, 1.54) is 7.11 Å². The lowest BCUT2D eigenvalue weighted by molar-refractivity contribution is -0.121. The Morgan fingerprint density at radius 1 is 1.35 bits per heavy atom. The van der Waals surface area contributed by atoms with Crippen molar-refractivity contribution in [3.63, 3.8) is 0 Å². The van der Waals surface area contributed by atoms with Crippen LogP contribution in [0.25, 0.3) is 0 Å². The first kappa shape index (κ1) is 17.6. The molecule has 1 atom stereocenters. The molecule has 1 aromatic rings. The van der Waals surface area contributed by atoms with Crippen LogP contribution in [-0.4, -0.2) is 44.2 Å². The van der Waals surface area contributed by atoms with Crippen LogP contribution in [0, 0.1) is 12.8 Å². The normalized spacial score (nSPS) is 17.6. The van der Waals surface area contributed by atoms with E-state index < -0.39 is 0 Å². The molecule has 1 aromatic carbocycles. The Hall–Kier alpha value is -1.76. The fourth-order valence-corrected chi connectivity index (χ4v) is 3.30. The molecule has 0 aliphatic carbocycles. The van der Waals surface area contributed by atoms with Gasteiger partial charge in [0.1, 0.15) is 5.75 Å². The number of ether oxygens (including phenoxy) is 2. The van der Waals surface area contributed by atoms with Crippen LogP contribution < -0.4 is 10.1 Å². The maximum Gasteiger partial charge on any atom is 0.409 e. The molecular weight excluding hydrogens is 364 g/mol. The third-order valence-electron chi connectivity index (χ3n) is 3.96. The highest BCUT2D eigenvalue weighted by atomic mass is 79.9. The molecule has 1 unspecified atom stereocenters. The van der Waals surface area contributed by atoms with Gasteiger partial charge in [0.15, 0.2) is 0 Å². The standard InChI is InChI=1S/C16H21BrN2O4/c1-10-7-12(17)8-13(22-2)14(10)18-15(20)11-5-4-6-19(9-11)16(21)23-3/h7-8,11H,4-6,9H2,1-3H3,(H,18,20). The van der Waals surface area contributed by atoms with Gasteiger partial charge in [-0.15, -0.1) is 0 Å². The summed E-state index contributed by atoms with van der Waals surface area (Å²) in [6.07, 6.45) is 1.14. The molecule has 0 aromatic heterocycles. The van der Waals surface area contributed by atoms with Gasteiger partial charge < -0.3 is 19.7 Å².